The van der Waals surface area contributed by atoms with E-state index in [9.17, 15) is 9.59 Å². The fourth-order valence-electron chi connectivity index (χ4n) is 2.75. The standard InChI is InChI=1S/C14H21N3O3/c1-10(13(15)18)9-16-7-4-11(5-8-16)17-6-2-3-12(17)14(19)20/h2-3,6,10-11H,4-5,7-9H2,1H3,(H2,15,18)(H,19,20). The van der Waals surface area contributed by atoms with E-state index >= 15 is 0 Å². The minimum atomic E-state index is -0.889. The van der Waals surface area contributed by atoms with Crippen LogP contribution in [0.3, 0.4) is 0 Å². The van der Waals surface area contributed by atoms with Crippen molar-refractivity contribution >= 4 is 11.9 Å². The highest BCUT2D eigenvalue weighted by molar-refractivity contribution is 5.85. The molecule has 1 aliphatic heterocycles. The molecule has 1 saturated heterocycles. The number of likely N-dealkylation sites (tertiary alicyclic amines) is 1. The van der Waals surface area contributed by atoms with E-state index in [2.05, 4.69) is 4.90 Å². The van der Waals surface area contributed by atoms with Crippen molar-refractivity contribution in [2.75, 3.05) is 19.6 Å². The van der Waals surface area contributed by atoms with Crippen molar-refractivity contribution in [3.8, 4) is 0 Å². The summed E-state index contributed by atoms with van der Waals surface area (Å²) in [6, 6.07) is 3.62. The molecule has 6 heteroatoms. The first-order chi connectivity index (χ1) is 9.49. The van der Waals surface area contributed by atoms with E-state index in [0.29, 0.717) is 12.2 Å². The Kier molecular flexibility index (Phi) is 4.44. The average Bonchev–Trinajstić information content (AvgIpc) is 2.88. The van der Waals surface area contributed by atoms with E-state index in [0.717, 1.165) is 25.9 Å². The van der Waals surface area contributed by atoms with Crippen molar-refractivity contribution in [3.63, 3.8) is 0 Å². The lowest BCUT2D eigenvalue weighted by Gasteiger charge is -2.34. The maximum atomic E-state index is 11.1. The van der Waals surface area contributed by atoms with Crippen molar-refractivity contribution in [2.24, 2.45) is 11.7 Å². The molecule has 0 spiro atoms. The zero-order valence-electron chi connectivity index (χ0n) is 11.7. The zero-order valence-corrected chi connectivity index (χ0v) is 11.7. The van der Waals surface area contributed by atoms with E-state index in [4.69, 9.17) is 10.8 Å². The molecule has 0 bridgehead atoms. The topological polar surface area (TPSA) is 88.6 Å². The largest absolute Gasteiger partial charge is 0.477 e. The molecule has 1 aromatic rings. The summed E-state index contributed by atoms with van der Waals surface area (Å²) < 4.78 is 1.84. The molecule has 110 valence electrons. The van der Waals surface area contributed by atoms with E-state index < -0.39 is 5.97 Å². The summed E-state index contributed by atoms with van der Waals surface area (Å²) in [6.07, 6.45) is 3.61. The lowest BCUT2D eigenvalue weighted by atomic mass is 10.0. The Labute approximate surface area is 118 Å². The molecule has 1 atom stereocenters. The second-order valence-corrected chi connectivity index (χ2v) is 5.44. The fraction of sp³-hybridized carbons (Fsp3) is 0.571. The van der Waals surface area contributed by atoms with Gasteiger partial charge in [0.15, 0.2) is 0 Å². The molecular weight excluding hydrogens is 258 g/mol. The maximum Gasteiger partial charge on any atom is 0.352 e. The van der Waals surface area contributed by atoms with Gasteiger partial charge in [-0.15, -0.1) is 0 Å². The number of hydrogen-bond donors (Lipinski definition) is 2. The minimum absolute atomic E-state index is 0.146. The summed E-state index contributed by atoms with van der Waals surface area (Å²) in [5.41, 5.74) is 5.62. The van der Waals surface area contributed by atoms with Crippen LogP contribution in [0.1, 0.15) is 36.3 Å². The zero-order chi connectivity index (χ0) is 14.7. The van der Waals surface area contributed by atoms with Crippen LogP contribution >= 0.6 is 0 Å². The highest BCUT2D eigenvalue weighted by Gasteiger charge is 2.24. The first-order valence-corrected chi connectivity index (χ1v) is 6.91. The maximum absolute atomic E-state index is 11.1. The Hall–Kier alpha value is -1.82. The number of carboxylic acids is 1. The number of carboxylic acid groups (broad SMARTS) is 1. The van der Waals surface area contributed by atoms with Crippen LogP contribution in [0.2, 0.25) is 0 Å². The average molecular weight is 279 g/mol. The first kappa shape index (κ1) is 14.6. The van der Waals surface area contributed by atoms with Crippen molar-refractivity contribution in [1.29, 1.82) is 0 Å². The molecule has 0 aromatic carbocycles. The van der Waals surface area contributed by atoms with Gasteiger partial charge in [0.25, 0.3) is 0 Å². The summed E-state index contributed by atoms with van der Waals surface area (Å²) in [6.45, 7) is 4.24. The van der Waals surface area contributed by atoms with Crippen LogP contribution in [0.15, 0.2) is 18.3 Å². The molecule has 2 heterocycles. The Morgan fingerprint density at radius 1 is 1.45 bits per heavy atom. The predicted octanol–water partition coefficient (Wildman–Crippen LogP) is 0.945. The second kappa shape index (κ2) is 6.09. The van der Waals surface area contributed by atoms with Crippen molar-refractivity contribution in [3.05, 3.63) is 24.0 Å². The third-order valence-electron chi connectivity index (χ3n) is 3.97. The molecule has 0 saturated carbocycles. The smallest absolute Gasteiger partial charge is 0.352 e. The van der Waals surface area contributed by atoms with Gasteiger partial charge in [0.2, 0.25) is 5.91 Å². The van der Waals surface area contributed by atoms with Crippen LogP contribution in [0.25, 0.3) is 0 Å². The van der Waals surface area contributed by atoms with Gasteiger partial charge in [-0.1, -0.05) is 6.92 Å². The molecule has 1 aromatic heterocycles. The Morgan fingerprint density at radius 3 is 2.65 bits per heavy atom. The lowest BCUT2D eigenvalue weighted by molar-refractivity contribution is -0.121. The van der Waals surface area contributed by atoms with Crippen molar-refractivity contribution in [1.82, 2.24) is 9.47 Å². The number of hydrogen-bond acceptors (Lipinski definition) is 3. The minimum Gasteiger partial charge on any atom is -0.477 e. The van der Waals surface area contributed by atoms with Gasteiger partial charge < -0.3 is 20.3 Å². The summed E-state index contributed by atoms with van der Waals surface area (Å²) >= 11 is 0. The number of nitrogens with zero attached hydrogens (tertiary/aromatic N) is 2. The number of aromatic nitrogens is 1. The van der Waals surface area contributed by atoms with Gasteiger partial charge in [-0.25, -0.2) is 4.79 Å². The molecule has 1 amide bonds. The summed E-state index contributed by atoms with van der Waals surface area (Å²) in [7, 11) is 0. The van der Waals surface area contributed by atoms with E-state index in [1.54, 1.807) is 12.1 Å². The van der Waals surface area contributed by atoms with Crippen LogP contribution in [0, 0.1) is 5.92 Å². The van der Waals surface area contributed by atoms with Gasteiger partial charge in [-0.05, 0) is 25.0 Å². The molecule has 3 N–H and O–H groups in total. The number of carbonyl (C=O) groups is 2. The number of aromatic carboxylic acids is 1. The van der Waals surface area contributed by atoms with Crippen molar-refractivity contribution < 1.29 is 14.7 Å². The van der Waals surface area contributed by atoms with Crippen LogP contribution in [-0.4, -0.2) is 46.1 Å². The molecule has 6 nitrogen and oxygen atoms in total. The van der Waals surface area contributed by atoms with E-state index in [1.807, 2.05) is 17.7 Å². The fourth-order valence-corrected chi connectivity index (χ4v) is 2.75. The highest BCUT2D eigenvalue weighted by Crippen LogP contribution is 2.25. The van der Waals surface area contributed by atoms with Crippen LogP contribution in [0.4, 0.5) is 0 Å². The van der Waals surface area contributed by atoms with Gasteiger partial charge >= 0.3 is 5.97 Å². The summed E-state index contributed by atoms with van der Waals surface area (Å²) in [5, 5.41) is 9.13. The van der Waals surface area contributed by atoms with Crippen LogP contribution < -0.4 is 5.73 Å². The van der Waals surface area contributed by atoms with Crippen LogP contribution in [0.5, 0.6) is 0 Å². The Balaban J connectivity index is 1.92. The number of rotatable bonds is 5. The number of piperidine rings is 1. The normalized spacial score (nSPS) is 18.9. The quantitative estimate of drug-likeness (QED) is 0.839. The van der Waals surface area contributed by atoms with Gasteiger partial charge in [0.05, 0.1) is 0 Å². The highest BCUT2D eigenvalue weighted by atomic mass is 16.4. The Morgan fingerprint density at radius 2 is 2.10 bits per heavy atom. The van der Waals surface area contributed by atoms with Crippen LogP contribution in [-0.2, 0) is 4.79 Å². The molecule has 1 unspecified atom stereocenters. The predicted molar refractivity (Wildman–Crippen MR) is 74.5 cm³/mol. The number of nitrogens with two attached hydrogens (primary N) is 1. The molecule has 1 fully saturated rings. The Bertz CT molecular complexity index is 490. The monoisotopic (exact) mass is 279 g/mol. The molecule has 0 radical (unpaired) electrons. The lowest BCUT2D eigenvalue weighted by Crippen LogP contribution is -2.40. The second-order valence-electron chi connectivity index (χ2n) is 5.44. The molecule has 0 aliphatic carbocycles. The van der Waals surface area contributed by atoms with Crippen molar-refractivity contribution in [2.45, 2.75) is 25.8 Å². The first-order valence-electron chi connectivity index (χ1n) is 6.91. The summed E-state index contributed by atoms with van der Waals surface area (Å²) in [4.78, 5) is 24.4. The van der Waals surface area contributed by atoms with Gasteiger partial charge in [-0.3, -0.25) is 4.79 Å². The number of primary amides is 1. The SMILES string of the molecule is CC(CN1CCC(n2cccc2C(=O)O)CC1)C(N)=O. The van der Waals surface area contributed by atoms with Gasteiger partial charge in [0, 0.05) is 37.8 Å². The summed E-state index contributed by atoms with van der Waals surface area (Å²) in [5.74, 6) is -1.31. The molecule has 2 rings (SSSR count). The van der Waals surface area contributed by atoms with E-state index in [-0.39, 0.29) is 17.9 Å². The molecule has 1 aliphatic rings. The van der Waals surface area contributed by atoms with Gasteiger partial charge in [0.1, 0.15) is 5.69 Å². The third-order valence-corrected chi connectivity index (χ3v) is 3.97. The van der Waals surface area contributed by atoms with Gasteiger partial charge in [-0.2, -0.15) is 0 Å². The third kappa shape index (κ3) is 3.19. The molecular formula is C14H21N3O3. The van der Waals surface area contributed by atoms with E-state index in [1.165, 1.54) is 0 Å². The number of amides is 1. The molecule has 20 heavy (non-hydrogen) atoms. The number of carbonyl (C=O) groups excluding carboxylic acids is 1.